The van der Waals surface area contributed by atoms with E-state index in [2.05, 4.69) is 24.2 Å². The van der Waals surface area contributed by atoms with Gasteiger partial charge in [-0.05, 0) is 52.7 Å². The minimum absolute atomic E-state index is 0.627. The Labute approximate surface area is 94.2 Å². The van der Waals surface area contributed by atoms with Gasteiger partial charge in [-0.1, -0.05) is 0 Å². The molecule has 1 heterocycles. The van der Waals surface area contributed by atoms with E-state index in [0.717, 1.165) is 19.1 Å². The van der Waals surface area contributed by atoms with Crippen LogP contribution in [0.25, 0.3) is 0 Å². The van der Waals surface area contributed by atoms with Crippen LogP contribution in [-0.4, -0.2) is 51.3 Å². The molecule has 1 N–H and O–H groups in total. The van der Waals surface area contributed by atoms with E-state index in [0.29, 0.717) is 6.04 Å². The van der Waals surface area contributed by atoms with E-state index in [1.807, 2.05) is 7.05 Å². The normalized spacial score (nSPS) is 20.8. The van der Waals surface area contributed by atoms with Gasteiger partial charge < -0.3 is 15.0 Å². The molecule has 1 aliphatic rings. The van der Waals surface area contributed by atoms with Gasteiger partial charge in [-0.3, -0.25) is 0 Å². The minimum atomic E-state index is 0.627. The summed E-state index contributed by atoms with van der Waals surface area (Å²) in [6, 6.07) is 0.627. The molecule has 0 amide bonds. The van der Waals surface area contributed by atoms with Crippen molar-refractivity contribution in [3.05, 3.63) is 0 Å². The van der Waals surface area contributed by atoms with Gasteiger partial charge in [0.15, 0.2) is 0 Å². The summed E-state index contributed by atoms with van der Waals surface area (Å²) in [5.74, 6) is 0.855. The molecule has 1 rings (SSSR count). The van der Waals surface area contributed by atoms with Crippen LogP contribution >= 0.6 is 0 Å². The molecule has 1 fully saturated rings. The van der Waals surface area contributed by atoms with Crippen molar-refractivity contribution in [1.29, 1.82) is 0 Å². The third kappa shape index (κ3) is 5.50. The highest BCUT2D eigenvalue weighted by atomic mass is 16.5. The summed E-state index contributed by atoms with van der Waals surface area (Å²) in [6.07, 6.45) is 3.72. The molecule has 0 aliphatic carbocycles. The molecule has 3 nitrogen and oxygen atoms in total. The van der Waals surface area contributed by atoms with Gasteiger partial charge in [0.25, 0.3) is 0 Å². The first kappa shape index (κ1) is 12.9. The van der Waals surface area contributed by atoms with Crippen LogP contribution in [0.4, 0.5) is 0 Å². The Hall–Kier alpha value is -0.120. The first-order chi connectivity index (χ1) is 7.22. The fourth-order valence-corrected chi connectivity index (χ4v) is 2.02. The fraction of sp³-hybridized carbons (Fsp3) is 1.00. The summed E-state index contributed by atoms with van der Waals surface area (Å²) in [7, 11) is 4.26. The molecular formula is C12H26N2O. The zero-order valence-electron chi connectivity index (χ0n) is 10.5. The molecule has 0 aromatic heterocycles. The molecule has 3 heteroatoms. The molecule has 15 heavy (non-hydrogen) atoms. The molecule has 1 saturated heterocycles. The first-order valence-electron chi connectivity index (χ1n) is 6.16. The van der Waals surface area contributed by atoms with Crippen molar-refractivity contribution in [2.24, 2.45) is 5.92 Å². The second-order valence-corrected chi connectivity index (χ2v) is 4.80. The summed E-state index contributed by atoms with van der Waals surface area (Å²) < 4.78 is 5.37. The third-order valence-electron chi connectivity index (χ3n) is 3.35. The summed E-state index contributed by atoms with van der Waals surface area (Å²) >= 11 is 0. The van der Waals surface area contributed by atoms with Crippen molar-refractivity contribution in [2.45, 2.75) is 32.2 Å². The summed E-state index contributed by atoms with van der Waals surface area (Å²) in [6.45, 7) is 6.60. The van der Waals surface area contributed by atoms with E-state index in [1.165, 1.54) is 32.4 Å². The summed E-state index contributed by atoms with van der Waals surface area (Å²) in [4.78, 5) is 2.46. The maximum Gasteiger partial charge on any atom is 0.0469 e. The lowest BCUT2D eigenvalue weighted by molar-refractivity contribution is 0.0554. The van der Waals surface area contributed by atoms with E-state index in [9.17, 15) is 0 Å². The Morgan fingerprint density at radius 2 is 2.07 bits per heavy atom. The van der Waals surface area contributed by atoms with Crippen molar-refractivity contribution in [3.63, 3.8) is 0 Å². The number of ether oxygens (including phenoxy) is 1. The maximum atomic E-state index is 5.37. The molecule has 0 bridgehead atoms. The zero-order valence-corrected chi connectivity index (χ0v) is 10.5. The number of nitrogens with one attached hydrogen (secondary N) is 1. The van der Waals surface area contributed by atoms with Gasteiger partial charge >= 0.3 is 0 Å². The van der Waals surface area contributed by atoms with Crippen molar-refractivity contribution >= 4 is 0 Å². The van der Waals surface area contributed by atoms with Gasteiger partial charge in [0.1, 0.15) is 0 Å². The molecule has 1 atom stereocenters. The molecule has 0 saturated carbocycles. The molecule has 0 radical (unpaired) electrons. The Bertz CT molecular complexity index is 158. The second kappa shape index (κ2) is 7.20. The lowest BCUT2D eigenvalue weighted by atomic mass is 10.00. The fourth-order valence-electron chi connectivity index (χ4n) is 2.02. The van der Waals surface area contributed by atoms with Gasteiger partial charge in [-0.25, -0.2) is 0 Å². The molecule has 0 aromatic carbocycles. The van der Waals surface area contributed by atoms with E-state index in [-0.39, 0.29) is 0 Å². The minimum Gasteiger partial charge on any atom is -0.381 e. The number of hydrogen-bond donors (Lipinski definition) is 1. The van der Waals surface area contributed by atoms with Crippen molar-refractivity contribution in [3.8, 4) is 0 Å². The van der Waals surface area contributed by atoms with E-state index in [1.54, 1.807) is 0 Å². The van der Waals surface area contributed by atoms with Crippen LogP contribution in [-0.2, 0) is 4.74 Å². The standard InChI is InChI=1S/C12H26N2O/c1-11(13-2)4-7-14(3)10-12-5-8-15-9-6-12/h11-13H,4-10H2,1-3H3. The predicted octanol–water partition coefficient (Wildman–Crippen LogP) is 1.34. The highest BCUT2D eigenvalue weighted by molar-refractivity contribution is 4.68. The van der Waals surface area contributed by atoms with Crippen molar-refractivity contribution in [2.75, 3.05) is 40.4 Å². The Balaban J connectivity index is 2.08. The van der Waals surface area contributed by atoms with Gasteiger partial charge in [0.05, 0.1) is 0 Å². The van der Waals surface area contributed by atoms with Crippen LogP contribution in [0.2, 0.25) is 0 Å². The molecule has 90 valence electrons. The highest BCUT2D eigenvalue weighted by Gasteiger charge is 2.15. The van der Waals surface area contributed by atoms with Crippen LogP contribution in [0.5, 0.6) is 0 Å². The maximum absolute atomic E-state index is 5.37. The Morgan fingerprint density at radius 1 is 1.40 bits per heavy atom. The quantitative estimate of drug-likeness (QED) is 0.722. The SMILES string of the molecule is CNC(C)CCN(C)CC1CCOCC1. The van der Waals surface area contributed by atoms with Gasteiger partial charge in [0.2, 0.25) is 0 Å². The molecule has 1 unspecified atom stereocenters. The van der Waals surface area contributed by atoms with Crippen LogP contribution in [0.15, 0.2) is 0 Å². The largest absolute Gasteiger partial charge is 0.381 e. The van der Waals surface area contributed by atoms with Crippen LogP contribution in [0.3, 0.4) is 0 Å². The third-order valence-corrected chi connectivity index (χ3v) is 3.35. The van der Waals surface area contributed by atoms with Crippen LogP contribution in [0, 0.1) is 5.92 Å². The van der Waals surface area contributed by atoms with Crippen molar-refractivity contribution in [1.82, 2.24) is 10.2 Å². The van der Waals surface area contributed by atoms with Crippen molar-refractivity contribution < 1.29 is 4.74 Å². The van der Waals surface area contributed by atoms with E-state index < -0.39 is 0 Å². The molecular weight excluding hydrogens is 188 g/mol. The van der Waals surface area contributed by atoms with Gasteiger partial charge in [-0.2, -0.15) is 0 Å². The Kier molecular flexibility index (Phi) is 6.22. The highest BCUT2D eigenvalue weighted by Crippen LogP contribution is 2.15. The average molecular weight is 214 g/mol. The molecule has 1 aliphatic heterocycles. The summed E-state index contributed by atoms with van der Waals surface area (Å²) in [5, 5.41) is 3.28. The lowest BCUT2D eigenvalue weighted by Gasteiger charge is -2.27. The number of nitrogens with zero attached hydrogens (tertiary/aromatic N) is 1. The molecule has 0 spiro atoms. The summed E-state index contributed by atoms with van der Waals surface area (Å²) in [5.41, 5.74) is 0. The topological polar surface area (TPSA) is 24.5 Å². The second-order valence-electron chi connectivity index (χ2n) is 4.80. The van der Waals surface area contributed by atoms with Gasteiger partial charge in [0, 0.05) is 25.8 Å². The average Bonchev–Trinajstić information content (AvgIpc) is 2.27. The van der Waals surface area contributed by atoms with Crippen LogP contribution in [0.1, 0.15) is 26.2 Å². The van der Waals surface area contributed by atoms with E-state index >= 15 is 0 Å². The van der Waals surface area contributed by atoms with Gasteiger partial charge in [-0.15, -0.1) is 0 Å². The number of hydrogen-bond acceptors (Lipinski definition) is 3. The zero-order chi connectivity index (χ0) is 11.1. The first-order valence-corrected chi connectivity index (χ1v) is 6.16. The van der Waals surface area contributed by atoms with E-state index in [4.69, 9.17) is 4.74 Å². The Morgan fingerprint density at radius 3 is 2.67 bits per heavy atom. The van der Waals surface area contributed by atoms with Crippen LogP contribution < -0.4 is 5.32 Å². The predicted molar refractivity (Wildman–Crippen MR) is 64.2 cm³/mol. The monoisotopic (exact) mass is 214 g/mol. The number of rotatable bonds is 6. The lowest BCUT2D eigenvalue weighted by Crippen LogP contribution is -2.33. The molecule has 0 aromatic rings. The smallest absolute Gasteiger partial charge is 0.0469 e.